The second-order valence-electron chi connectivity index (χ2n) is 8.60. The fourth-order valence-corrected chi connectivity index (χ4v) is 4.38. The molecule has 2 N–H and O–H groups in total. The fourth-order valence-electron chi connectivity index (χ4n) is 4.38. The molecule has 4 aromatic rings. The minimum absolute atomic E-state index is 0.241. The molecule has 0 bridgehead atoms. The summed E-state index contributed by atoms with van der Waals surface area (Å²) in [4.78, 5) is 15.2. The number of hydrogen-bond donors (Lipinski definition) is 2. The van der Waals surface area contributed by atoms with Gasteiger partial charge in [-0.05, 0) is 61.1 Å². The third-order valence-electron chi connectivity index (χ3n) is 6.01. The zero-order valence-electron chi connectivity index (χ0n) is 20.4. The van der Waals surface area contributed by atoms with Crippen molar-refractivity contribution in [2.75, 3.05) is 26.9 Å². The highest BCUT2D eigenvalue weighted by Gasteiger charge is 2.19. The van der Waals surface area contributed by atoms with Crippen molar-refractivity contribution in [1.29, 1.82) is 0 Å². The highest BCUT2D eigenvalue weighted by Crippen LogP contribution is 2.34. The van der Waals surface area contributed by atoms with Crippen LogP contribution in [-0.4, -0.2) is 43.0 Å². The summed E-state index contributed by atoms with van der Waals surface area (Å²) in [5.74, 6) is 0.520. The van der Waals surface area contributed by atoms with Crippen LogP contribution in [0.25, 0.3) is 22.0 Å². The summed E-state index contributed by atoms with van der Waals surface area (Å²) >= 11 is 0. The summed E-state index contributed by atoms with van der Waals surface area (Å²) < 4.78 is 16.7. The first-order chi connectivity index (χ1) is 17.0. The number of carboxylic acid groups (broad SMARTS) is 1. The molecule has 0 atom stereocenters. The normalized spacial score (nSPS) is 11.1. The lowest BCUT2D eigenvalue weighted by Gasteiger charge is -2.11. The maximum absolute atomic E-state index is 12.1. The molecule has 0 fully saturated rings. The molecule has 6 heteroatoms. The summed E-state index contributed by atoms with van der Waals surface area (Å²) in [5.41, 5.74) is 6.19. The zero-order valence-corrected chi connectivity index (χ0v) is 20.4. The molecule has 0 unspecified atom stereocenters. The number of carbonyl (C=O) groups is 1. The average molecular weight is 474 g/mol. The van der Waals surface area contributed by atoms with Gasteiger partial charge in [-0.3, -0.25) is 0 Å². The average Bonchev–Trinajstić information content (AvgIpc) is 3.21. The molecule has 0 aliphatic carbocycles. The van der Waals surface area contributed by atoms with Crippen LogP contribution in [0.15, 0.2) is 60.7 Å². The van der Waals surface area contributed by atoms with Gasteiger partial charge in [-0.25, -0.2) is 4.79 Å². The Labute approximate surface area is 205 Å². The van der Waals surface area contributed by atoms with Gasteiger partial charge in [0.25, 0.3) is 0 Å². The number of fused-ring (bicyclic) bond motifs is 1. The second-order valence-corrected chi connectivity index (χ2v) is 8.60. The zero-order chi connectivity index (χ0) is 24.8. The van der Waals surface area contributed by atoms with E-state index in [2.05, 4.69) is 24.0 Å². The first-order valence-corrected chi connectivity index (χ1v) is 11.8. The number of aryl methyl sites for hydroxylation is 3. The molecule has 4 rings (SSSR count). The van der Waals surface area contributed by atoms with Crippen molar-refractivity contribution in [2.24, 2.45) is 0 Å². The van der Waals surface area contributed by atoms with E-state index in [9.17, 15) is 9.90 Å². The molecule has 1 aromatic heterocycles. The molecule has 3 aromatic carbocycles. The number of ether oxygens (including phenoxy) is 3. The van der Waals surface area contributed by atoms with Gasteiger partial charge in [0.2, 0.25) is 0 Å². The van der Waals surface area contributed by atoms with E-state index < -0.39 is 5.97 Å². The van der Waals surface area contributed by atoms with Crippen molar-refractivity contribution in [1.82, 2.24) is 4.98 Å². The highest BCUT2D eigenvalue weighted by atomic mass is 16.5. The van der Waals surface area contributed by atoms with E-state index in [1.165, 1.54) is 0 Å². The number of carboxylic acids is 1. The van der Waals surface area contributed by atoms with Gasteiger partial charge in [0.05, 0.1) is 18.7 Å². The maximum atomic E-state index is 12.1. The Hall–Kier alpha value is -3.77. The Balaban J connectivity index is 1.51. The minimum Gasteiger partial charge on any atom is -0.493 e. The first-order valence-electron chi connectivity index (χ1n) is 11.8. The number of rotatable bonds is 11. The Kier molecular flexibility index (Phi) is 7.73. The van der Waals surface area contributed by atoms with Crippen LogP contribution >= 0.6 is 0 Å². The molecule has 35 heavy (non-hydrogen) atoms. The molecule has 6 nitrogen and oxygen atoms in total. The lowest BCUT2D eigenvalue weighted by molar-refractivity contribution is 0.0690. The van der Waals surface area contributed by atoms with Crippen LogP contribution in [0.5, 0.6) is 11.5 Å². The first kappa shape index (κ1) is 24.4. The summed E-state index contributed by atoms with van der Waals surface area (Å²) in [6, 6.07) is 19.9. The minimum atomic E-state index is -0.954. The van der Waals surface area contributed by atoms with E-state index in [0.29, 0.717) is 32.7 Å². The number of hydrogen-bond acceptors (Lipinski definition) is 4. The van der Waals surface area contributed by atoms with Crippen molar-refractivity contribution < 1.29 is 24.1 Å². The van der Waals surface area contributed by atoms with Gasteiger partial charge in [0.15, 0.2) is 0 Å². The lowest BCUT2D eigenvalue weighted by atomic mass is 9.97. The predicted octanol–water partition coefficient (Wildman–Crippen LogP) is 6.19. The van der Waals surface area contributed by atoms with Gasteiger partial charge in [-0.1, -0.05) is 42.5 Å². The van der Waals surface area contributed by atoms with Crippen LogP contribution in [0.1, 0.15) is 33.6 Å². The van der Waals surface area contributed by atoms with E-state index >= 15 is 0 Å². The van der Waals surface area contributed by atoms with Crippen molar-refractivity contribution in [3.8, 4) is 22.6 Å². The monoisotopic (exact) mass is 473 g/mol. The van der Waals surface area contributed by atoms with Crippen LogP contribution in [-0.2, 0) is 11.2 Å². The molecule has 0 saturated carbocycles. The third-order valence-corrected chi connectivity index (χ3v) is 6.01. The smallest absolute Gasteiger partial charge is 0.352 e. The lowest BCUT2D eigenvalue weighted by Crippen LogP contribution is -2.06. The predicted molar refractivity (Wildman–Crippen MR) is 138 cm³/mol. The quantitative estimate of drug-likeness (QED) is 0.254. The maximum Gasteiger partial charge on any atom is 0.352 e. The molecule has 0 aliphatic heterocycles. The standard InChI is InChI=1S/C29H31NO5/c1-19-16-21(18-22(17-19)35-15-14-33-3)34-13-7-12-26-25-11-6-10-24(23-9-5-4-8-20(23)2)27(25)30-28(26)29(31)32/h4-6,8-11,16-18,30H,7,12-15H2,1-3H3,(H,31,32). The Bertz CT molecular complexity index is 1320. The molecular formula is C29H31NO5. The van der Waals surface area contributed by atoms with Crippen molar-refractivity contribution >= 4 is 16.9 Å². The van der Waals surface area contributed by atoms with E-state index in [0.717, 1.165) is 50.2 Å². The third kappa shape index (κ3) is 5.66. The molecule has 0 saturated heterocycles. The number of aromatic nitrogens is 1. The number of aromatic carboxylic acids is 1. The Morgan fingerprint density at radius 2 is 1.60 bits per heavy atom. The Morgan fingerprint density at radius 1 is 0.886 bits per heavy atom. The summed E-state index contributed by atoms with van der Waals surface area (Å²) in [7, 11) is 1.64. The van der Waals surface area contributed by atoms with E-state index in [1.807, 2.05) is 55.5 Å². The molecule has 1 heterocycles. The van der Waals surface area contributed by atoms with Crippen LogP contribution in [0, 0.1) is 13.8 Å². The molecule has 0 radical (unpaired) electrons. The number of H-pyrrole nitrogens is 1. The topological polar surface area (TPSA) is 80.8 Å². The molecule has 0 spiro atoms. The van der Waals surface area contributed by atoms with Crippen LogP contribution in [0.4, 0.5) is 0 Å². The van der Waals surface area contributed by atoms with Gasteiger partial charge in [0, 0.05) is 24.1 Å². The van der Waals surface area contributed by atoms with E-state index in [4.69, 9.17) is 14.2 Å². The number of para-hydroxylation sites is 1. The second kappa shape index (κ2) is 11.1. The van der Waals surface area contributed by atoms with Crippen molar-refractivity contribution in [2.45, 2.75) is 26.7 Å². The SMILES string of the molecule is COCCOc1cc(C)cc(OCCCc2c(C(=O)O)[nH]c3c(-c4ccccc4C)cccc23)c1. The van der Waals surface area contributed by atoms with Crippen LogP contribution in [0.2, 0.25) is 0 Å². The number of methoxy groups -OCH3 is 1. The van der Waals surface area contributed by atoms with Crippen LogP contribution in [0.3, 0.4) is 0 Å². The van der Waals surface area contributed by atoms with Gasteiger partial charge in [-0.2, -0.15) is 0 Å². The molecular weight excluding hydrogens is 442 g/mol. The van der Waals surface area contributed by atoms with Gasteiger partial charge in [-0.15, -0.1) is 0 Å². The van der Waals surface area contributed by atoms with Crippen molar-refractivity contribution in [3.63, 3.8) is 0 Å². The molecule has 0 amide bonds. The summed E-state index contributed by atoms with van der Waals surface area (Å²) in [6.45, 7) is 5.51. The summed E-state index contributed by atoms with van der Waals surface area (Å²) in [6.07, 6.45) is 1.26. The van der Waals surface area contributed by atoms with E-state index in [1.54, 1.807) is 7.11 Å². The van der Waals surface area contributed by atoms with Crippen molar-refractivity contribution in [3.05, 3.63) is 83.0 Å². The fraction of sp³-hybridized carbons (Fsp3) is 0.276. The van der Waals surface area contributed by atoms with E-state index in [-0.39, 0.29) is 5.69 Å². The number of nitrogens with one attached hydrogen (secondary N) is 1. The van der Waals surface area contributed by atoms with Gasteiger partial charge in [0.1, 0.15) is 23.8 Å². The molecule has 182 valence electrons. The van der Waals surface area contributed by atoms with Crippen LogP contribution < -0.4 is 9.47 Å². The highest BCUT2D eigenvalue weighted by molar-refractivity contribution is 6.03. The Morgan fingerprint density at radius 3 is 2.31 bits per heavy atom. The largest absolute Gasteiger partial charge is 0.493 e. The van der Waals surface area contributed by atoms with Gasteiger partial charge < -0.3 is 24.3 Å². The van der Waals surface area contributed by atoms with Gasteiger partial charge >= 0.3 is 5.97 Å². The summed E-state index contributed by atoms with van der Waals surface area (Å²) in [5, 5.41) is 10.8. The number of aromatic amines is 1. The molecule has 0 aliphatic rings. The number of benzene rings is 3.